The van der Waals surface area contributed by atoms with E-state index in [1.54, 1.807) is 0 Å². The molecule has 1 N–H and O–H groups in total. The fourth-order valence-corrected chi connectivity index (χ4v) is 1.10. The smallest absolute Gasteiger partial charge is 0.179 e. The predicted octanol–water partition coefficient (Wildman–Crippen LogP) is 0.360. The van der Waals surface area contributed by atoms with Crippen molar-refractivity contribution in [1.82, 2.24) is 5.43 Å². The van der Waals surface area contributed by atoms with Crippen LogP contribution in [-0.2, 0) is 0 Å². The van der Waals surface area contributed by atoms with Crippen LogP contribution in [-0.4, -0.2) is 17.5 Å². The topological polar surface area (TPSA) is 53.8 Å². The van der Waals surface area contributed by atoms with E-state index in [4.69, 9.17) is 0 Å². The minimum atomic E-state index is 0.639. The molecule has 1 heterocycles. The van der Waals surface area contributed by atoms with Crippen molar-refractivity contribution >= 4 is 16.9 Å². The van der Waals surface area contributed by atoms with Crippen LogP contribution in [0.2, 0.25) is 0 Å². The van der Waals surface area contributed by atoms with E-state index in [1.165, 1.54) is 11.8 Å². The van der Waals surface area contributed by atoms with Gasteiger partial charge >= 0.3 is 0 Å². The van der Waals surface area contributed by atoms with Gasteiger partial charge in [-0.15, -0.1) is 4.91 Å². The quantitative estimate of drug-likeness (QED) is 0.413. The van der Waals surface area contributed by atoms with Gasteiger partial charge in [0.2, 0.25) is 0 Å². The molecule has 0 unspecified atom stereocenters. The summed E-state index contributed by atoms with van der Waals surface area (Å²) in [5.74, 6) is 0.956. The first kappa shape index (κ1) is 5.55. The summed E-state index contributed by atoms with van der Waals surface area (Å²) in [6.45, 7) is 0.794. The first-order valence-electron chi connectivity index (χ1n) is 2.19. The second-order valence-corrected chi connectivity index (χ2v) is 2.32. The van der Waals surface area contributed by atoms with Crippen molar-refractivity contribution in [1.29, 1.82) is 0 Å². The summed E-state index contributed by atoms with van der Waals surface area (Å²) < 4.78 is 0. The summed E-state index contributed by atoms with van der Waals surface area (Å²) in [5, 5.41) is 3.10. The van der Waals surface area contributed by atoms with Gasteiger partial charge in [-0.2, -0.15) is 0 Å². The molecule has 0 amide bonds. The number of hydrogen-bond acceptors (Lipinski definition) is 4. The Morgan fingerprint density at radius 1 is 1.88 bits per heavy atom. The first-order valence-corrected chi connectivity index (χ1v) is 3.17. The molecule has 0 bridgehead atoms. The van der Waals surface area contributed by atoms with Crippen molar-refractivity contribution in [3.63, 3.8) is 0 Å². The molecule has 0 aromatic carbocycles. The number of amidine groups is 1. The average molecular weight is 131 g/mol. The lowest BCUT2D eigenvalue weighted by atomic mass is 10.8. The largest absolute Gasteiger partial charge is 0.260 e. The second-order valence-electron chi connectivity index (χ2n) is 1.24. The number of aliphatic imine (C=N–C) groups is 1. The van der Waals surface area contributed by atoms with Gasteiger partial charge in [-0.25, -0.2) is 5.43 Å². The molecule has 0 saturated heterocycles. The normalized spacial score (nSPS) is 17.8. The summed E-state index contributed by atoms with van der Waals surface area (Å²) in [5.41, 5.74) is 2.23. The molecule has 8 heavy (non-hydrogen) atoms. The van der Waals surface area contributed by atoms with Crippen LogP contribution in [0.25, 0.3) is 0 Å². The molecule has 0 atom stereocenters. The third-order valence-corrected chi connectivity index (χ3v) is 1.61. The molecule has 0 fully saturated rings. The van der Waals surface area contributed by atoms with Crippen molar-refractivity contribution in [3.05, 3.63) is 4.91 Å². The number of nitrogens with one attached hydrogen (secondary N) is 1. The van der Waals surface area contributed by atoms with E-state index in [1.807, 2.05) is 0 Å². The molecule has 0 saturated carbocycles. The van der Waals surface area contributed by atoms with Crippen LogP contribution in [0.3, 0.4) is 0 Å². The number of nitrogens with zero attached hydrogens (tertiary/aromatic N) is 2. The Kier molecular flexibility index (Phi) is 1.85. The fraction of sp³-hybridized carbons (Fsp3) is 0.667. The minimum Gasteiger partial charge on any atom is -0.260 e. The van der Waals surface area contributed by atoms with Crippen LogP contribution in [0.1, 0.15) is 0 Å². The Balaban J connectivity index is 2.33. The van der Waals surface area contributed by atoms with Crippen LogP contribution in [0.5, 0.6) is 0 Å². The highest BCUT2D eigenvalue weighted by atomic mass is 32.2. The molecule has 0 aliphatic carbocycles. The predicted molar refractivity (Wildman–Crippen MR) is 33.7 cm³/mol. The number of hydrogen-bond donors (Lipinski definition) is 1. The average Bonchev–Trinajstić information content (AvgIpc) is 2.19. The van der Waals surface area contributed by atoms with Gasteiger partial charge < -0.3 is 0 Å². The monoisotopic (exact) mass is 131 g/mol. The first-order chi connectivity index (χ1) is 3.93. The molecule has 1 rings (SSSR count). The van der Waals surface area contributed by atoms with E-state index in [2.05, 4.69) is 15.7 Å². The van der Waals surface area contributed by atoms with E-state index >= 15 is 0 Å². The maximum Gasteiger partial charge on any atom is 0.179 e. The van der Waals surface area contributed by atoms with Gasteiger partial charge in [0.1, 0.15) is 0 Å². The number of nitroso groups, excluding NO2 is 1. The van der Waals surface area contributed by atoms with Crippen LogP contribution in [0.15, 0.2) is 10.3 Å². The molecule has 4 nitrogen and oxygen atoms in total. The summed E-state index contributed by atoms with van der Waals surface area (Å²) in [6.07, 6.45) is 0. The molecule has 1 aliphatic rings. The van der Waals surface area contributed by atoms with Gasteiger partial charge in [-0.1, -0.05) is 11.8 Å². The third-order valence-electron chi connectivity index (χ3n) is 0.727. The maximum absolute atomic E-state index is 9.51. The van der Waals surface area contributed by atoms with E-state index in [-0.39, 0.29) is 0 Å². The molecular formula is C3H5N3OS. The number of thioether (sulfide) groups is 1. The van der Waals surface area contributed by atoms with E-state index in [0.29, 0.717) is 5.17 Å². The Morgan fingerprint density at radius 2 is 2.75 bits per heavy atom. The Morgan fingerprint density at radius 3 is 3.25 bits per heavy atom. The van der Waals surface area contributed by atoms with Gasteiger partial charge in [-0.3, -0.25) is 4.99 Å². The van der Waals surface area contributed by atoms with Crippen LogP contribution >= 0.6 is 11.8 Å². The maximum atomic E-state index is 9.51. The third kappa shape index (κ3) is 1.19. The molecule has 44 valence electrons. The summed E-state index contributed by atoms with van der Waals surface area (Å²) in [7, 11) is 0. The van der Waals surface area contributed by atoms with Crippen molar-refractivity contribution < 1.29 is 0 Å². The van der Waals surface area contributed by atoms with Crippen molar-refractivity contribution in [3.8, 4) is 0 Å². The molecule has 0 aromatic rings. The van der Waals surface area contributed by atoms with Gasteiger partial charge in [0.25, 0.3) is 0 Å². The number of rotatable bonds is 1. The zero-order valence-electron chi connectivity index (χ0n) is 4.13. The van der Waals surface area contributed by atoms with E-state index in [9.17, 15) is 4.91 Å². The zero-order valence-corrected chi connectivity index (χ0v) is 4.94. The van der Waals surface area contributed by atoms with Crippen LogP contribution in [0, 0.1) is 4.91 Å². The van der Waals surface area contributed by atoms with Crippen LogP contribution in [0.4, 0.5) is 0 Å². The van der Waals surface area contributed by atoms with Gasteiger partial charge in [0.05, 0.1) is 11.8 Å². The minimum absolute atomic E-state index is 0.639. The molecule has 0 spiro atoms. The standard InChI is InChI=1S/C3H5N3OS/c7-6-5-3-4-1-2-8-3/h1-2H2,(H,4,5,7). The highest BCUT2D eigenvalue weighted by Crippen LogP contribution is 2.07. The Labute approximate surface area is 50.7 Å². The summed E-state index contributed by atoms with van der Waals surface area (Å²) in [6, 6.07) is 0. The lowest BCUT2D eigenvalue weighted by molar-refractivity contribution is 1.01. The van der Waals surface area contributed by atoms with Gasteiger partial charge in [0.15, 0.2) is 5.17 Å². The molecule has 1 aliphatic heterocycles. The Hall–Kier alpha value is -0.580. The highest BCUT2D eigenvalue weighted by Gasteiger charge is 2.04. The van der Waals surface area contributed by atoms with Crippen molar-refractivity contribution in [2.45, 2.75) is 0 Å². The molecule has 0 aromatic heterocycles. The SMILES string of the molecule is O=NNC1=NCCS1. The molecular weight excluding hydrogens is 126 g/mol. The summed E-state index contributed by atoms with van der Waals surface area (Å²) >= 11 is 1.51. The fourth-order valence-electron chi connectivity index (χ4n) is 0.442. The van der Waals surface area contributed by atoms with Crippen molar-refractivity contribution in [2.24, 2.45) is 10.3 Å². The summed E-state index contributed by atoms with van der Waals surface area (Å²) in [4.78, 5) is 13.4. The molecule has 0 radical (unpaired) electrons. The Bertz CT molecular complexity index is 124. The van der Waals surface area contributed by atoms with Gasteiger partial charge in [0, 0.05) is 5.75 Å². The zero-order chi connectivity index (χ0) is 5.82. The lowest BCUT2D eigenvalue weighted by Crippen LogP contribution is -2.09. The van der Waals surface area contributed by atoms with E-state index in [0.717, 1.165) is 12.3 Å². The van der Waals surface area contributed by atoms with Crippen molar-refractivity contribution in [2.75, 3.05) is 12.3 Å². The van der Waals surface area contributed by atoms with Gasteiger partial charge in [-0.05, 0) is 0 Å². The molecule has 5 heteroatoms. The second kappa shape index (κ2) is 2.66. The van der Waals surface area contributed by atoms with Crippen LogP contribution < -0.4 is 5.43 Å². The van der Waals surface area contributed by atoms with E-state index < -0.39 is 0 Å². The highest BCUT2D eigenvalue weighted by molar-refractivity contribution is 8.14. The lowest BCUT2D eigenvalue weighted by Gasteiger charge is -1.87.